The van der Waals surface area contributed by atoms with Crippen LogP contribution in [0.3, 0.4) is 0 Å². The van der Waals surface area contributed by atoms with Crippen molar-refractivity contribution >= 4 is 0 Å². The molecule has 0 spiro atoms. The van der Waals surface area contributed by atoms with E-state index in [1.54, 1.807) is 0 Å². The van der Waals surface area contributed by atoms with Crippen molar-refractivity contribution in [2.45, 2.75) is 19.4 Å². The van der Waals surface area contributed by atoms with Gasteiger partial charge >= 0.3 is 0 Å². The van der Waals surface area contributed by atoms with Crippen molar-refractivity contribution in [2.24, 2.45) is 5.73 Å². The highest BCUT2D eigenvalue weighted by Crippen LogP contribution is 2.15. The van der Waals surface area contributed by atoms with Gasteiger partial charge in [-0.05, 0) is 18.9 Å². The summed E-state index contributed by atoms with van der Waals surface area (Å²) in [5.74, 6) is 0.613. The molecule has 0 aliphatic heterocycles. The summed E-state index contributed by atoms with van der Waals surface area (Å²) >= 11 is 0. The third-order valence-electron chi connectivity index (χ3n) is 2.13. The number of nitrogens with zero attached hydrogens (tertiary/aromatic N) is 2. The number of hydrogen-bond donors (Lipinski definition) is 1. The molecule has 0 amide bonds. The lowest BCUT2D eigenvalue weighted by Gasteiger charge is -2.04. The summed E-state index contributed by atoms with van der Waals surface area (Å²) in [7, 11) is 0. The van der Waals surface area contributed by atoms with E-state index in [1.165, 1.54) is 12.0 Å². The van der Waals surface area contributed by atoms with Crippen LogP contribution in [-0.4, -0.2) is 16.2 Å². The van der Waals surface area contributed by atoms with Gasteiger partial charge < -0.3 is 10.3 Å². The SMILES string of the molecule is CC(N)Cc1ccc(-c2ncon2)cc1. The van der Waals surface area contributed by atoms with Gasteiger partial charge in [0.2, 0.25) is 12.2 Å². The molecule has 78 valence electrons. The fourth-order valence-corrected chi connectivity index (χ4v) is 1.46. The largest absolute Gasteiger partial charge is 0.342 e. The average molecular weight is 203 g/mol. The average Bonchev–Trinajstić information content (AvgIpc) is 2.71. The molecule has 2 aromatic rings. The maximum Gasteiger partial charge on any atom is 0.214 e. The van der Waals surface area contributed by atoms with E-state index in [9.17, 15) is 0 Å². The Kier molecular flexibility index (Phi) is 2.78. The zero-order valence-corrected chi connectivity index (χ0v) is 8.55. The van der Waals surface area contributed by atoms with Crippen molar-refractivity contribution in [3.05, 3.63) is 36.2 Å². The normalized spacial score (nSPS) is 12.7. The zero-order chi connectivity index (χ0) is 10.7. The maximum atomic E-state index is 5.72. The second-order valence-corrected chi connectivity index (χ2v) is 3.63. The van der Waals surface area contributed by atoms with E-state index in [2.05, 4.69) is 14.7 Å². The van der Waals surface area contributed by atoms with E-state index in [0.717, 1.165) is 12.0 Å². The van der Waals surface area contributed by atoms with Crippen molar-refractivity contribution in [2.75, 3.05) is 0 Å². The lowest BCUT2D eigenvalue weighted by molar-refractivity contribution is 0.419. The Morgan fingerprint density at radius 3 is 2.60 bits per heavy atom. The third kappa shape index (κ3) is 2.41. The summed E-state index contributed by atoms with van der Waals surface area (Å²) in [4.78, 5) is 3.97. The molecule has 0 fully saturated rings. The topological polar surface area (TPSA) is 64.9 Å². The Hall–Kier alpha value is -1.68. The van der Waals surface area contributed by atoms with E-state index < -0.39 is 0 Å². The number of nitrogens with two attached hydrogens (primary N) is 1. The molecule has 0 saturated heterocycles. The summed E-state index contributed by atoms with van der Waals surface area (Å²) in [6.45, 7) is 1.99. The molecule has 4 nitrogen and oxygen atoms in total. The first kappa shape index (κ1) is 9.86. The summed E-state index contributed by atoms with van der Waals surface area (Å²) in [6, 6.07) is 8.20. The van der Waals surface area contributed by atoms with Gasteiger partial charge in [-0.2, -0.15) is 4.98 Å². The molecule has 0 aliphatic carbocycles. The van der Waals surface area contributed by atoms with E-state index in [-0.39, 0.29) is 6.04 Å². The predicted octanol–water partition coefficient (Wildman–Crippen LogP) is 1.63. The monoisotopic (exact) mass is 203 g/mol. The zero-order valence-electron chi connectivity index (χ0n) is 8.55. The first-order valence-electron chi connectivity index (χ1n) is 4.87. The van der Waals surface area contributed by atoms with Crippen LogP contribution in [0, 0.1) is 0 Å². The van der Waals surface area contributed by atoms with Crippen molar-refractivity contribution in [3.63, 3.8) is 0 Å². The molecule has 0 saturated carbocycles. The van der Waals surface area contributed by atoms with Crippen molar-refractivity contribution in [1.82, 2.24) is 10.1 Å². The molecule has 1 atom stereocenters. The minimum absolute atomic E-state index is 0.182. The molecule has 0 radical (unpaired) electrons. The molecule has 2 rings (SSSR count). The molecule has 2 N–H and O–H groups in total. The Bertz CT molecular complexity index is 406. The van der Waals surface area contributed by atoms with E-state index in [0.29, 0.717) is 5.82 Å². The molecule has 4 heteroatoms. The van der Waals surface area contributed by atoms with Gasteiger partial charge in [-0.1, -0.05) is 29.4 Å². The minimum Gasteiger partial charge on any atom is -0.342 e. The van der Waals surface area contributed by atoms with Crippen LogP contribution in [-0.2, 0) is 6.42 Å². The standard InChI is InChI=1S/C11H13N3O/c1-8(12)6-9-2-4-10(5-3-9)11-13-7-15-14-11/h2-5,7-8H,6,12H2,1H3. The van der Waals surface area contributed by atoms with Gasteiger partial charge in [-0.3, -0.25) is 0 Å². The van der Waals surface area contributed by atoms with Crippen molar-refractivity contribution in [3.8, 4) is 11.4 Å². The minimum atomic E-state index is 0.182. The fourth-order valence-electron chi connectivity index (χ4n) is 1.46. The highest BCUT2D eigenvalue weighted by molar-refractivity contribution is 5.54. The number of hydrogen-bond acceptors (Lipinski definition) is 4. The smallest absolute Gasteiger partial charge is 0.214 e. The Labute approximate surface area is 88.1 Å². The molecular formula is C11H13N3O. The Morgan fingerprint density at radius 1 is 1.33 bits per heavy atom. The van der Waals surface area contributed by atoms with Gasteiger partial charge in [-0.15, -0.1) is 0 Å². The summed E-state index contributed by atoms with van der Waals surface area (Å²) < 4.78 is 4.68. The maximum absolute atomic E-state index is 5.72. The highest BCUT2D eigenvalue weighted by Gasteiger charge is 2.03. The fraction of sp³-hybridized carbons (Fsp3) is 0.273. The molecule has 0 bridgehead atoms. The Balaban J connectivity index is 2.17. The predicted molar refractivity (Wildman–Crippen MR) is 57.1 cm³/mol. The first-order valence-corrected chi connectivity index (χ1v) is 4.87. The lowest BCUT2D eigenvalue weighted by Crippen LogP contribution is -2.17. The van der Waals surface area contributed by atoms with Gasteiger partial charge in [0.25, 0.3) is 0 Å². The number of rotatable bonds is 3. The van der Waals surface area contributed by atoms with Gasteiger partial charge in [0, 0.05) is 11.6 Å². The van der Waals surface area contributed by atoms with Crippen LogP contribution in [0.2, 0.25) is 0 Å². The van der Waals surface area contributed by atoms with E-state index in [1.807, 2.05) is 31.2 Å². The van der Waals surface area contributed by atoms with Gasteiger partial charge in [0.05, 0.1) is 0 Å². The van der Waals surface area contributed by atoms with Gasteiger partial charge in [0.15, 0.2) is 0 Å². The molecular weight excluding hydrogens is 190 g/mol. The molecule has 0 aliphatic rings. The van der Waals surface area contributed by atoms with Gasteiger partial charge in [-0.25, -0.2) is 0 Å². The van der Waals surface area contributed by atoms with Gasteiger partial charge in [0.1, 0.15) is 0 Å². The third-order valence-corrected chi connectivity index (χ3v) is 2.13. The number of benzene rings is 1. The lowest BCUT2D eigenvalue weighted by atomic mass is 10.1. The van der Waals surface area contributed by atoms with E-state index in [4.69, 9.17) is 5.73 Å². The Morgan fingerprint density at radius 2 is 2.07 bits per heavy atom. The molecule has 1 aromatic carbocycles. The van der Waals surface area contributed by atoms with Crippen molar-refractivity contribution in [1.29, 1.82) is 0 Å². The molecule has 15 heavy (non-hydrogen) atoms. The molecule has 1 unspecified atom stereocenters. The highest BCUT2D eigenvalue weighted by atomic mass is 16.5. The summed E-state index contributed by atoms with van der Waals surface area (Å²) in [6.07, 6.45) is 2.21. The second-order valence-electron chi connectivity index (χ2n) is 3.63. The van der Waals surface area contributed by atoms with Crippen LogP contribution >= 0.6 is 0 Å². The van der Waals surface area contributed by atoms with Crippen LogP contribution < -0.4 is 5.73 Å². The van der Waals surface area contributed by atoms with Crippen LogP contribution in [0.25, 0.3) is 11.4 Å². The molecule has 1 heterocycles. The van der Waals surface area contributed by atoms with Crippen LogP contribution in [0.5, 0.6) is 0 Å². The van der Waals surface area contributed by atoms with Crippen LogP contribution in [0.4, 0.5) is 0 Å². The first-order chi connectivity index (χ1) is 7.25. The summed E-state index contributed by atoms with van der Waals surface area (Å²) in [5, 5.41) is 3.77. The summed E-state index contributed by atoms with van der Waals surface area (Å²) in [5.41, 5.74) is 7.89. The van der Waals surface area contributed by atoms with E-state index >= 15 is 0 Å². The van der Waals surface area contributed by atoms with Crippen LogP contribution in [0.1, 0.15) is 12.5 Å². The van der Waals surface area contributed by atoms with Crippen LogP contribution in [0.15, 0.2) is 35.2 Å². The quantitative estimate of drug-likeness (QED) is 0.823. The van der Waals surface area contributed by atoms with Crippen molar-refractivity contribution < 1.29 is 4.52 Å². The number of aromatic nitrogens is 2. The molecule has 1 aromatic heterocycles. The second kappa shape index (κ2) is 4.23.